The molecule has 2 N–H and O–H groups in total. The normalized spacial score (nSPS) is 18.4. The minimum Gasteiger partial charge on any atom is -0.356 e. The van der Waals surface area contributed by atoms with Crippen LogP contribution in [0.1, 0.15) is 24.7 Å². The highest BCUT2D eigenvalue weighted by Gasteiger charge is 2.25. The zero-order valence-corrected chi connectivity index (χ0v) is 17.9. The first kappa shape index (κ1) is 20.5. The number of guanidine groups is 1. The first-order valence-electron chi connectivity index (χ1n) is 9.80. The number of rotatable bonds is 6. The van der Waals surface area contributed by atoms with Gasteiger partial charge in [-0.05, 0) is 44.4 Å². The van der Waals surface area contributed by atoms with E-state index in [1.54, 1.807) is 6.20 Å². The van der Waals surface area contributed by atoms with Crippen LogP contribution < -0.4 is 15.5 Å². The van der Waals surface area contributed by atoms with Gasteiger partial charge in [0, 0.05) is 51.2 Å². The van der Waals surface area contributed by atoms with Crippen LogP contribution in [0.3, 0.4) is 0 Å². The second kappa shape index (κ2) is 9.28. The van der Waals surface area contributed by atoms with Gasteiger partial charge >= 0.3 is 0 Å². The molecule has 28 heavy (non-hydrogen) atoms. The number of nitrogens with zero attached hydrogens (tertiary/aromatic N) is 5. The van der Waals surface area contributed by atoms with Crippen molar-refractivity contribution in [3.8, 4) is 0 Å². The lowest BCUT2D eigenvalue weighted by atomic mass is 10.2. The van der Waals surface area contributed by atoms with Gasteiger partial charge in [-0.3, -0.25) is 9.67 Å². The lowest BCUT2D eigenvalue weighted by Gasteiger charge is -2.21. The van der Waals surface area contributed by atoms with Crippen molar-refractivity contribution in [3.05, 3.63) is 40.8 Å². The molecule has 1 fully saturated rings. The summed E-state index contributed by atoms with van der Waals surface area (Å²) in [5.74, 6) is 2.12. The molecule has 2 atom stereocenters. The fourth-order valence-corrected chi connectivity index (χ4v) is 3.80. The molecule has 1 saturated heterocycles. The summed E-state index contributed by atoms with van der Waals surface area (Å²) in [7, 11) is 1.81. The van der Waals surface area contributed by atoms with E-state index in [-0.39, 0.29) is 0 Å². The van der Waals surface area contributed by atoms with E-state index in [4.69, 9.17) is 11.6 Å². The Balaban J connectivity index is 1.47. The molecule has 8 heteroatoms. The summed E-state index contributed by atoms with van der Waals surface area (Å²) >= 11 is 6.28. The standard InChI is InChI=1S/C20H30ClN7/c1-14(12-28-16(3)10-15(2)26-28)11-24-20(22-4)25-17-7-9-27(13-17)19-18(21)6-5-8-23-19/h5-6,8,10,14,17H,7,9,11-13H2,1-4H3,(H2,22,24,25). The predicted octanol–water partition coefficient (Wildman–Crippen LogP) is 2.63. The highest BCUT2D eigenvalue weighted by Crippen LogP contribution is 2.25. The molecule has 0 amide bonds. The maximum atomic E-state index is 6.28. The molecule has 0 aromatic carbocycles. The topological polar surface area (TPSA) is 70.4 Å². The van der Waals surface area contributed by atoms with E-state index < -0.39 is 0 Å². The molecule has 0 saturated carbocycles. The second-order valence-corrected chi connectivity index (χ2v) is 7.96. The molecule has 0 radical (unpaired) electrons. The number of halogens is 1. The first-order valence-corrected chi connectivity index (χ1v) is 10.2. The number of anilines is 1. The molecule has 1 aliphatic rings. The van der Waals surface area contributed by atoms with Crippen molar-refractivity contribution in [2.75, 3.05) is 31.6 Å². The number of hydrogen-bond donors (Lipinski definition) is 2. The molecule has 2 aromatic rings. The van der Waals surface area contributed by atoms with Crippen molar-refractivity contribution < 1.29 is 0 Å². The third-order valence-electron chi connectivity index (χ3n) is 5.00. The predicted molar refractivity (Wildman–Crippen MR) is 115 cm³/mol. The Morgan fingerprint density at radius 2 is 2.25 bits per heavy atom. The lowest BCUT2D eigenvalue weighted by Crippen LogP contribution is -2.46. The minimum atomic E-state index is 0.315. The maximum absolute atomic E-state index is 6.28. The maximum Gasteiger partial charge on any atom is 0.191 e. The van der Waals surface area contributed by atoms with Crippen molar-refractivity contribution in [2.45, 2.75) is 39.8 Å². The Labute approximate surface area is 172 Å². The van der Waals surface area contributed by atoms with Gasteiger partial charge in [-0.15, -0.1) is 0 Å². The summed E-state index contributed by atoms with van der Waals surface area (Å²) in [5, 5.41) is 12.2. The highest BCUT2D eigenvalue weighted by molar-refractivity contribution is 6.32. The molecule has 3 heterocycles. The van der Waals surface area contributed by atoms with Gasteiger partial charge in [0.05, 0.1) is 10.7 Å². The molecule has 152 valence electrons. The first-order chi connectivity index (χ1) is 13.5. The van der Waals surface area contributed by atoms with Crippen molar-refractivity contribution in [1.82, 2.24) is 25.4 Å². The SMILES string of the molecule is CN=C(NCC(C)Cn1nc(C)cc1C)NC1CCN(c2ncccc2Cl)C1. The molecule has 0 bridgehead atoms. The molecule has 7 nitrogen and oxygen atoms in total. The van der Waals surface area contributed by atoms with Crippen molar-refractivity contribution in [2.24, 2.45) is 10.9 Å². The van der Waals surface area contributed by atoms with Crippen molar-refractivity contribution in [1.29, 1.82) is 0 Å². The van der Waals surface area contributed by atoms with E-state index in [9.17, 15) is 0 Å². The Morgan fingerprint density at radius 1 is 1.43 bits per heavy atom. The van der Waals surface area contributed by atoms with Crippen LogP contribution in [-0.2, 0) is 6.54 Å². The molecule has 2 aromatic heterocycles. The smallest absolute Gasteiger partial charge is 0.191 e. The Morgan fingerprint density at radius 3 is 2.93 bits per heavy atom. The van der Waals surface area contributed by atoms with Gasteiger partial charge in [0.1, 0.15) is 5.82 Å². The van der Waals surface area contributed by atoms with Crippen LogP contribution in [-0.4, -0.2) is 53.4 Å². The molecule has 0 spiro atoms. The van der Waals surface area contributed by atoms with E-state index in [2.05, 4.69) is 55.2 Å². The van der Waals surface area contributed by atoms with Crippen molar-refractivity contribution in [3.63, 3.8) is 0 Å². The average molecular weight is 404 g/mol. The summed E-state index contributed by atoms with van der Waals surface area (Å²) in [4.78, 5) is 11.0. The van der Waals surface area contributed by atoms with Gasteiger partial charge in [0.2, 0.25) is 0 Å². The number of hydrogen-bond acceptors (Lipinski definition) is 4. The fraction of sp³-hybridized carbons (Fsp3) is 0.550. The minimum absolute atomic E-state index is 0.315. The Hall–Kier alpha value is -2.28. The van der Waals surface area contributed by atoms with Gasteiger partial charge in [0.25, 0.3) is 0 Å². The number of nitrogens with one attached hydrogen (secondary N) is 2. The van der Waals surface area contributed by atoms with Crippen LogP contribution in [0.25, 0.3) is 0 Å². The van der Waals surface area contributed by atoms with Crippen LogP contribution in [0.15, 0.2) is 29.4 Å². The highest BCUT2D eigenvalue weighted by atomic mass is 35.5. The lowest BCUT2D eigenvalue weighted by molar-refractivity contribution is 0.435. The zero-order chi connectivity index (χ0) is 20.1. The van der Waals surface area contributed by atoms with Gasteiger partial charge in [0.15, 0.2) is 5.96 Å². The van der Waals surface area contributed by atoms with E-state index >= 15 is 0 Å². The molecular weight excluding hydrogens is 374 g/mol. The monoisotopic (exact) mass is 403 g/mol. The summed E-state index contributed by atoms with van der Waals surface area (Å²) in [6.45, 7) is 9.86. The number of aliphatic imine (C=N–C) groups is 1. The van der Waals surface area contributed by atoms with Crippen LogP contribution in [0, 0.1) is 19.8 Å². The van der Waals surface area contributed by atoms with Crippen LogP contribution >= 0.6 is 11.6 Å². The summed E-state index contributed by atoms with van der Waals surface area (Å²) in [5.41, 5.74) is 2.26. The molecule has 3 rings (SSSR count). The second-order valence-electron chi connectivity index (χ2n) is 7.55. The average Bonchev–Trinajstić information content (AvgIpc) is 3.25. The van der Waals surface area contributed by atoms with Crippen LogP contribution in [0.4, 0.5) is 5.82 Å². The number of aromatic nitrogens is 3. The van der Waals surface area contributed by atoms with Gasteiger partial charge in [-0.2, -0.15) is 5.10 Å². The van der Waals surface area contributed by atoms with E-state index in [0.29, 0.717) is 17.0 Å². The molecule has 1 aliphatic heterocycles. The summed E-state index contributed by atoms with van der Waals surface area (Å²) < 4.78 is 2.07. The number of aryl methyl sites for hydroxylation is 2. The Kier molecular flexibility index (Phi) is 6.78. The van der Waals surface area contributed by atoms with Gasteiger partial charge < -0.3 is 15.5 Å². The zero-order valence-electron chi connectivity index (χ0n) is 17.1. The Bertz CT molecular complexity index is 817. The third-order valence-corrected chi connectivity index (χ3v) is 5.29. The van der Waals surface area contributed by atoms with E-state index in [0.717, 1.165) is 50.1 Å². The molecular formula is C20H30ClN7. The molecule has 0 aliphatic carbocycles. The summed E-state index contributed by atoms with van der Waals surface area (Å²) in [6, 6.07) is 6.17. The van der Waals surface area contributed by atoms with E-state index in [1.807, 2.05) is 26.1 Å². The summed E-state index contributed by atoms with van der Waals surface area (Å²) in [6.07, 6.45) is 2.81. The molecule has 2 unspecified atom stereocenters. The van der Waals surface area contributed by atoms with Crippen molar-refractivity contribution >= 4 is 23.4 Å². The van der Waals surface area contributed by atoms with Crippen LogP contribution in [0.2, 0.25) is 5.02 Å². The number of pyridine rings is 1. The van der Waals surface area contributed by atoms with Gasteiger partial charge in [-0.1, -0.05) is 18.5 Å². The largest absolute Gasteiger partial charge is 0.356 e. The third kappa shape index (κ3) is 5.16. The quantitative estimate of drug-likeness (QED) is 0.573. The fourth-order valence-electron chi connectivity index (χ4n) is 3.56. The van der Waals surface area contributed by atoms with E-state index in [1.165, 1.54) is 5.69 Å². The van der Waals surface area contributed by atoms with Gasteiger partial charge in [-0.25, -0.2) is 4.98 Å². The van der Waals surface area contributed by atoms with Crippen LogP contribution in [0.5, 0.6) is 0 Å².